The zero-order valence-electron chi connectivity index (χ0n) is 7.51. The fourth-order valence-corrected chi connectivity index (χ4v) is 1.36. The first kappa shape index (κ1) is 10.8. The highest BCUT2D eigenvalue weighted by atomic mass is 32.1. The van der Waals surface area contributed by atoms with Crippen molar-refractivity contribution < 1.29 is 4.79 Å². The highest BCUT2D eigenvalue weighted by Gasteiger charge is 2.03. The molecule has 1 aromatic rings. The summed E-state index contributed by atoms with van der Waals surface area (Å²) < 4.78 is 0. The molecule has 0 saturated carbocycles. The van der Waals surface area contributed by atoms with E-state index in [4.69, 9.17) is 5.73 Å². The van der Waals surface area contributed by atoms with Crippen molar-refractivity contribution in [2.24, 2.45) is 10.8 Å². The van der Waals surface area contributed by atoms with Crippen LogP contribution in [0, 0.1) is 0 Å². The molecule has 1 aromatic heterocycles. The first-order valence-corrected chi connectivity index (χ1v) is 5.05. The van der Waals surface area contributed by atoms with Gasteiger partial charge in [0.25, 0.3) is 0 Å². The molecular formula is C8H9N3OS2. The van der Waals surface area contributed by atoms with Gasteiger partial charge in [0.05, 0.1) is 11.1 Å². The minimum Gasteiger partial charge on any atom is -0.375 e. The Bertz CT molecular complexity index is 359. The molecular weight excluding hydrogens is 218 g/mol. The smallest absolute Gasteiger partial charge is 0.215 e. The van der Waals surface area contributed by atoms with Crippen molar-refractivity contribution in [3.63, 3.8) is 0 Å². The first-order valence-electron chi connectivity index (χ1n) is 3.76. The minimum absolute atomic E-state index is 0.125. The molecule has 0 saturated heterocycles. The van der Waals surface area contributed by atoms with Gasteiger partial charge in [0.2, 0.25) is 5.78 Å². The Balaban J connectivity index is 2.62. The Hall–Kier alpha value is -1.27. The second-order valence-electron chi connectivity index (χ2n) is 2.45. The van der Waals surface area contributed by atoms with Crippen LogP contribution in [0.4, 0.5) is 0 Å². The molecule has 6 heteroatoms. The van der Waals surface area contributed by atoms with E-state index in [0.29, 0.717) is 4.88 Å². The Morgan fingerprint density at radius 1 is 1.79 bits per heavy atom. The second kappa shape index (κ2) is 4.83. The van der Waals surface area contributed by atoms with Crippen molar-refractivity contribution in [1.82, 2.24) is 5.01 Å². The molecule has 1 heterocycles. The normalized spacial score (nSPS) is 10.4. The van der Waals surface area contributed by atoms with Crippen molar-refractivity contribution in [2.75, 3.05) is 7.05 Å². The van der Waals surface area contributed by atoms with Crippen LogP contribution in [-0.2, 0) is 0 Å². The van der Waals surface area contributed by atoms with E-state index in [1.165, 1.54) is 22.6 Å². The van der Waals surface area contributed by atoms with Gasteiger partial charge < -0.3 is 5.73 Å². The van der Waals surface area contributed by atoms with Crippen LogP contribution >= 0.6 is 23.6 Å². The fraction of sp³-hybridized carbons (Fsp3) is 0.125. The Kier molecular flexibility index (Phi) is 3.73. The van der Waals surface area contributed by atoms with E-state index in [0.717, 1.165) is 0 Å². The van der Waals surface area contributed by atoms with Gasteiger partial charge in [0.15, 0.2) is 5.11 Å². The number of ketones is 1. The highest BCUT2D eigenvalue weighted by molar-refractivity contribution is 7.80. The summed E-state index contributed by atoms with van der Waals surface area (Å²) in [6.45, 7) is 0. The number of carbonyl (C=O) groups is 1. The molecule has 1 rings (SSSR count). The highest BCUT2D eigenvalue weighted by Crippen LogP contribution is 2.07. The van der Waals surface area contributed by atoms with Crippen LogP contribution in [0.5, 0.6) is 0 Å². The Morgan fingerprint density at radius 3 is 3.00 bits per heavy atom. The van der Waals surface area contributed by atoms with Crippen molar-refractivity contribution >= 4 is 40.7 Å². The number of thiocarbonyl (C=S) groups is 1. The van der Waals surface area contributed by atoms with Crippen molar-refractivity contribution in [3.05, 3.63) is 22.4 Å². The number of hydrogen-bond acceptors (Lipinski definition) is 4. The molecule has 0 atom stereocenters. The summed E-state index contributed by atoms with van der Waals surface area (Å²) in [5.41, 5.74) is 5.28. The molecule has 14 heavy (non-hydrogen) atoms. The molecule has 0 aliphatic rings. The van der Waals surface area contributed by atoms with Crippen molar-refractivity contribution in [2.45, 2.75) is 0 Å². The maximum absolute atomic E-state index is 11.4. The van der Waals surface area contributed by atoms with Crippen molar-refractivity contribution in [1.29, 1.82) is 0 Å². The monoisotopic (exact) mass is 227 g/mol. The van der Waals surface area contributed by atoms with Crippen LogP contribution in [-0.4, -0.2) is 29.2 Å². The second-order valence-corrected chi connectivity index (χ2v) is 3.81. The number of rotatable bonds is 3. The number of nitrogens with two attached hydrogens (primary N) is 1. The molecule has 0 aliphatic carbocycles. The standard InChI is InChI=1S/C8H9N3OS2/c1-11(8(9)13)10-5-6(12)7-3-2-4-14-7/h2-5H,1H3,(H2,9,13)/b10-5+. The first-order chi connectivity index (χ1) is 6.61. The fourth-order valence-electron chi connectivity index (χ4n) is 0.678. The summed E-state index contributed by atoms with van der Waals surface area (Å²) in [5, 5.41) is 7.00. The van der Waals surface area contributed by atoms with Crippen LogP contribution in [0.25, 0.3) is 0 Å². The van der Waals surface area contributed by atoms with Gasteiger partial charge in [-0.2, -0.15) is 5.10 Å². The zero-order valence-corrected chi connectivity index (χ0v) is 9.14. The number of Topliss-reactive ketones (excluding diaryl/α,β-unsaturated/α-hetero) is 1. The van der Waals surface area contributed by atoms with Crippen LogP contribution in [0.3, 0.4) is 0 Å². The Labute approximate surface area is 91.0 Å². The molecule has 0 spiro atoms. The van der Waals surface area contributed by atoms with Crippen LogP contribution in [0.1, 0.15) is 9.67 Å². The van der Waals surface area contributed by atoms with Gasteiger partial charge in [0.1, 0.15) is 0 Å². The SMILES string of the molecule is CN(/N=C/C(=O)c1cccs1)C(N)=S. The lowest BCUT2D eigenvalue weighted by atomic mass is 10.3. The minimum atomic E-state index is -0.150. The lowest BCUT2D eigenvalue weighted by Crippen LogP contribution is -2.27. The molecule has 74 valence electrons. The number of hydrogen-bond donors (Lipinski definition) is 1. The van der Waals surface area contributed by atoms with Crippen LogP contribution < -0.4 is 5.73 Å². The quantitative estimate of drug-likeness (QED) is 0.363. The van der Waals surface area contributed by atoms with Gasteiger partial charge in [-0.05, 0) is 23.7 Å². The van der Waals surface area contributed by atoms with Crippen LogP contribution in [0.15, 0.2) is 22.6 Å². The summed E-state index contributed by atoms with van der Waals surface area (Å²) in [5.74, 6) is -0.150. The van der Waals surface area contributed by atoms with E-state index in [2.05, 4.69) is 17.3 Å². The maximum atomic E-state index is 11.4. The number of nitrogens with zero attached hydrogens (tertiary/aromatic N) is 2. The third-order valence-corrected chi connectivity index (χ3v) is 2.58. The molecule has 4 nitrogen and oxygen atoms in total. The van der Waals surface area contributed by atoms with E-state index in [1.807, 2.05) is 11.4 Å². The van der Waals surface area contributed by atoms with E-state index in [9.17, 15) is 4.79 Å². The third kappa shape index (κ3) is 2.90. The topological polar surface area (TPSA) is 58.7 Å². The van der Waals surface area contributed by atoms with Crippen molar-refractivity contribution in [3.8, 4) is 0 Å². The van der Waals surface area contributed by atoms with E-state index in [-0.39, 0.29) is 10.9 Å². The largest absolute Gasteiger partial charge is 0.375 e. The third-order valence-electron chi connectivity index (χ3n) is 1.43. The molecule has 2 N–H and O–H groups in total. The van der Waals surface area contributed by atoms with Crippen LogP contribution in [0.2, 0.25) is 0 Å². The summed E-state index contributed by atoms with van der Waals surface area (Å²) in [6, 6.07) is 3.54. The maximum Gasteiger partial charge on any atom is 0.215 e. The zero-order chi connectivity index (χ0) is 10.6. The van der Waals surface area contributed by atoms with E-state index in [1.54, 1.807) is 13.1 Å². The van der Waals surface area contributed by atoms with Gasteiger partial charge in [-0.25, -0.2) is 5.01 Å². The van der Waals surface area contributed by atoms with Gasteiger partial charge in [0, 0.05) is 7.05 Å². The van der Waals surface area contributed by atoms with Gasteiger partial charge in [-0.15, -0.1) is 11.3 Å². The average Bonchev–Trinajstić information content (AvgIpc) is 2.66. The van der Waals surface area contributed by atoms with Gasteiger partial charge in [-0.1, -0.05) is 6.07 Å². The van der Waals surface area contributed by atoms with Gasteiger partial charge >= 0.3 is 0 Å². The summed E-state index contributed by atoms with van der Waals surface area (Å²) >= 11 is 6.02. The molecule has 0 bridgehead atoms. The predicted molar refractivity (Wildman–Crippen MR) is 61.7 cm³/mol. The lowest BCUT2D eigenvalue weighted by Gasteiger charge is -2.07. The predicted octanol–water partition coefficient (Wildman–Crippen LogP) is 1.09. The molecule has 0 aliphatic heterocycles. The molecule has 0 radical (unpaired) electrons. The van der Waals surface area contributed by atoms with Gasteiger partial charge in [-0.3, -0.25) is 4.79 Å². The summed E-state index contributed by atoms with van der Waals surface area (Å²) in [4.78, 5) is 12.0. The summed E-state index contributed by atoms with van der Waals surface area (Å²) in [7, 11) is 1.58. The molecule has 0 unspecified atom stereocenters. The molecule has 0 fully saturated rings. The lowest BCUT2D eigenvalue weighted by molar-refractivity contribution is 0.107. The molecule has 0 amide bonds. The van der Waals surface area contributed by atoms with E-state index >= 15 is 0 Å². The summed E-state index contributed by atoms with van der Waals surface area (Å²) in [6.07, 6.45) is 1.20. The number of thiophene rings is 1. The number of carbonyl (C=O) groups excluding carboxylic acids is 1. The number of hydrazone groups is 1. The molecule has 0 aromatic carbocycles. The average molecular weight is 227 g/mol. The van der Waals surface area contributed by atoms with E-state index < -0.39 is 0 Å². The Morgan fingerprint density at radius 2 is 2.50 bits per heavy atom.